The van der Waals surface area contributed by atoms with Crippen molar-refractivity contribution in [3.63, 3.8) is 0 Å². The van der Waals surface area contributed by atoms with Crippen LogP contribution in [0, 0.1) is 0 Å². The molecule has 2 aliphatic rings. The zero-order valence-electron chi connectivity index (χ0n) is 26.6. The zero-order valence-corrected chi connectivity index (χ0v) is 26.6. The summed E-state index contributed by atoms with van der Waals surface area (Å²) < 4.78 is 5.55. The lowest BCUT2D eigenvalue weighted by atomic mass is 9.59. The molecule has 46 heavy (non-hydrogen) atoms. The Hall–Kier alpha value is -4.83. The maximum atomic E-state index is 13.2. The molecule has 0 fully saturated rings. The van der Waals surface area contributed by atoms with Gasteiger partial charge in [0.2, 0.25) is 0 Å². The zero-order chi connectivity index (χ0) is 31.3. The predicted octanol–water partition coefficient (Wildman–Crippen LogP) is 9.94. The summed E-state index contributed by atoms with van der Waals surface area (Å²) in [5, 5.41) is 2.28. The van der Waals surface area contributed by atoms with Crippen LogP contribution in [0.1, 0.15) is 74.6 Å². The van der Waals surface area contributed by atoms with Gasteiger partial charge in [-0.15, -0.1) is 0 Å². The summed E-state index contributed by atoms with van der Waals surface area (Å²) >= 11 is 0. The van der Waals surface area contributed by atoms with Gasteiger partial charge < -0.3 is 4.74 Å². The summed E-state index contributed by atoms with van der Waals surface area (Å²) in [6.45, 7) is 4.54. The van der Waals surface area contributed by atoms with Crippen molar-refractivity contribution in [1.82, 2.24) is 9.97 Å². The standard InChI is InChI=1S/C42H38N2O2/c1-3-5-23-41(32-18-10-8-16-30(32)39-34(41)25-28-14-6-12-20-36(28)43-39)27-42(24-22-38(45)46-4-2)33-19-11-9-17-31(33)40-35(42)26-29-15-7-13-21-37(29)44-40/h6-21,25-26H,3-5,22-24,27H2,1-2H3/t41-,42+/m1/s1. The first-order valence-corrected chi connectivity index (χ1v) is 16.7. The number of carbonyl (C=O) groups excluding carboxylic acids is 1. The second-order valence-electron chi connectivity index (χ2n) is 13.0. The van der Waals surface area contributed by atoms with Crippen molar-refractivity contribution >= 4 is 27.8 Å². The topological polar surface area (TPSA) is 52.1 Å². The quantitative estimate of drug-likeness (QED) is 0.155. The third kappa shape index (κ3) is 4.30. The van der Waals surface area contributed by atoms with E-state index in [-0.39, 0.29) is 11.4 Å². The minimum Gasteiger partial charge on any atom is -0.466 e. The van der Waals surface area contributed by atoms with Crippen molar-refractivity contribution in [3.05, 3.63) is 131 Å². The monoisotopic (exact) mass is 602 g/mol. The normalized spacial score (nSPS) is 19.1. The van der Waals surface area contributed by atoms with Crippen LogP contribution in [0.15, 0.2) is 109 Å². The predicted molar refractivity (Wildman–Crippen MR) is 186 cm³/mol. The Bertz CT molecular complexity index is 2130. The number of aromatic nitrogens is 2. The molecule has 0 radical (unpaired) electrons. The number of hydrogen-bond acceptors (Lipinski definition) is 4. The first kappa shape index (κ1) is 28.6. The number of nitrogens with zero attached hydrogens (tertiary/aromatic N) is 2. The Labute approximate surface area is 270 Å². The van der Waals surface area contributed by atoms with Crippen LogP contribution in [0.25, 0.3) is 44.3 Å². The molecule has 0 bridgehead atoms. The van der Waals surface area contributed by atoms with E-state index < -0.39 is 5.41 Å². The Morgan fingerprint density at radius 1 is 0.630 bits per heavy atom. The lowest BCUT2D eigenvalue weighted by Gasteiger charge is -2.42. The third-order valence-electron chi connectivity index (χ3n) is 10.5. The fraction of sp³-hybridized carbons (Fsp3) is 0.262. The highest BCUT2D eigenvalue weighted by Gasteiger charge is 2.53. The number of benzene rings is 4. The second-order valence-corrected chi connectivity index (χ2v) is 13.0. The molecule has 228 valence electrons. The van der Waals surface area contributed by atoms with Crippen molar-refractivity contribution < 1.29 is 9.53 Å². The minimum atomic E-state index is -0.468. The molecule has 0 saturated carbocycles. The molecule has 2 heterocycles. The molecule has 2 aromatic heterocycles. The van der Waals surface area contributed by atoms with Crippen LogP contribution < -0.4 is 0 Å². The highest BCUT2D eigenvalue weighted by atomic mass is 16.5. The van der Waals surface area contributed by atoms with E-state index in [1.54, 1.807) is 0 Å². The van der Waals surface area contributed by atoms with Gasteiger partial charge >= 0.3 is 5.97 Å². The van der Waals surface area contributed by atoms with Crippen LogP contribution in [0.4, 0.5) is 0 Å². The number of pyridine rings is 2. The van der Waals surface area contributed by atoms with E-state index in [2.05, 4.69) is 116 Å². The van der Waals surface area contributed by atoms with Gasteiger partial charge in [-0.3, -0.25) is 4.79 Å². The number of hydrogen-bond donors (Lipinski definition) is 0. The molecular formula is C42H38N2O2. The van der Waals surface area contributed by atoms with Crippen molar-refractivity contribution in [1.29, 1.82) is 0 Å². The molecule has 6 aromatic rings. The Kier molecular flexibility index (Phi) is 6.97. The summed E-state index contributed by atoms with van der Waals surface area (Å²) in [5.41, 5.74) is 10.9. The van der Waals surface area contributed by atoms with Crippen molar-refractivity contribution in [2.75, 3.05) is 6.61 Å². The Morgan fingerprint density at radius 3 is 1.67 bits per heavy atom. The fourth-order valence-corrected chi connectivity index (χ4v) is 8.51. The summed E-state index contributed by atoms with van der Waals surface area (Å²) in [6, 6.07) is 39.3. The van der Waals surface area contributed by atoms with Crippen molar-refractivity contribution in [3.8, 4) is 22.5 Å². The van der Waals surface area contributed by atoms with Gasteiger partial charge in [0.15, 0.2) is 0 Å². The molecule has 0 amide bonds. The molecule has 2 atom stereocenters. The minimum absolute atomic E-state index is 0.149. The van der Waals surface area contributed by atoms with Crippen LogP contribution >= 0.6 is 0 Å². The Balaban J connectivity index is 1.43. The third-order valence-corrected chi connectivity index (χ3v) is 10.5. The SMILES string of the molecule is CCCC[C@@]1(C[C@@]2(CCC(=O)OCC)c3ccccc3-c3nc4ccccc4cc32)c2ccccc2-c2nc3ccccc3cc21. The number of ether oxygens (including phenoxy) is 1. The average Bonchev–Trinajstić information content (AvgIpc) is 3.51. The van der Waals surface area contributed by atoms with Gasteiger partial charge in [-0.25, -0.2) is 9.97 Å². The van der Waals surface area contributed by atoms with Crippen molar-refractivity contribution in [2.45, 2.75) is 63.2 Å². The van der Waals surface area contributed by atoms with E-state index in [1.165, 1.54) is 33.4 Å². The first-order chi connectivity index (χ1) is 22.6. The second kappa shape index (κ2) is 11.2. The van der Waals surface area contributed by atoms with Crippen LogP contribution in [-0.2, 0) is 20.4 Å². The number of fused-ring (bicyclic) bond motifs is 8. The number of para-hydroxylation sites is 2. The van der Waals surface area contributed by atoms with Crippen LogP contribution in [-0.4, -0.2) is 22.5 Å². The Morgan fingerprint density at radius 2 is 1.13 bits per heavy atom. The van der Waals surface area contributed by atoms with Gasteiger partial charge in [0, 0.05) is 39.2 Å². The maximum Gasteiger partial charge on any atom is 0.305 e. The molecule has 4 nitrogen and oxygen atoms in total. The van der Waals surface area contributed by atoms with E-state index >= 15 is 0 Å². The van der Waals surface area contributed by atoms with Gasteiger partial charge in [-0.1, -0.05) is 105 Å². The molecule has 4 aromatic carbocycles. The fourth-order valence-electron chi connectivity index (χ4n) is 8.51. The molecular weight excluding hydrogens is 564 g/mol. The van der Waals surface area contributed by atoms with Gasteiger partial charge in [0.25, 0.3) is 0 Å². The molecule has 0 saturated heterocycles. The molecule has 0 aliphatic heterocycles. The van der Waals surface area contributed by atoms with Crippen LogP contribution in [0.5, 0.6) is 0 Å². The number of esters is 1. The van der Waals surface area contributed by atoms with E-state index in [1.807, 2.05) is 6.92 Å². The van der Waals surface area contributed by atoms with Gasteiger partial charge in [0.05, 0.1) is 29.0 Å². The molecule has 8 rings (SSSR count). The first-order valence-electron chi connectivity index (χ1n) is 16.7. The lowest BCUT2D eigenvalue weighted by molar-refractivity contribution is -0.143. The average molecular weight is 603 g/mol. The van der Waals surface area contributed by atoms with Gasteiger partial charge in [-0.05, 0) is 72.7 Å². The highest BCUT2D eigenvalue weighted by molar-refractivity contribution is 5.91. The molecule has 2 aliphatic carbocycles. The van der Waals surface area contributed by atoms with Crippen molar-refractivity contribution in [2.24, 2.45) is 0 Å². The number of carbonyl (C=O) groups is 1. The summed E-state index contributed by atoms with van der Waals surface area (Å²) in [5.74, 6) is -0.149. The summed E-state index contributed by atoms with van der Waals surface area (Å²) in [6.07, 6.45) is 4.96. The number of unbranched alkanes of at least 4 members (excludes halogenated alkanes) is 1. The van der Waals surface area contributed by atoms with Crippen LogP contribution in [0.2, 0.25) is 0 Å². The van der Waals surface area contributed by atoms with Gasteiger partial charge in [0.1, 0.15) is 0 Å². The van der Waals surface area contributed by atoms with E-state index in [4.69, 9.17) is 14.7 Å². The highest BCUT2D eigenvalue weighted by Crippen LogP contribution is 2.62. The van der Waals surface area contributed by atoms with E-state index in [9.17, 15) is 4.79 Å². The number of rotatable bonds is 9. The van der Waals surface area contributed by atoms with E-state index in [0.29, 0.717) is 19.4 Å². The largest absolute Gasteiger partial charge is 0.466 e. The molecule has 0 N–H and O–H groups in total. The van der Waals surface area contributed by atoms with E-state index in [0.717, 1.165) is 58.9 Å². The molecule has 4 heteroatoms. The lowest BCUT2D eigenvalue weighted by Crippen LogP contribution is -2.38. The molecule has 0 unspecified atom stereocenters. The van der Waals surface area contributed by atoms with Crippen LogP contribution in [0.3, 0.4) is 0 Å². The summed E-state index contributed by atoms with van der Waals surface area (Å²) in [4.78, 5) is 23.8. The maximum absolute atomic E-state index is 13.2. The smallest absolute Gasteiger partial charge is 0.305 e. The summed E-state index contributed by atoms with van der Waals surface area (Å²) in [7, 11) is 0. The van der Waals surface area contributed by atoms with Gasteiger partial charge in [-0.2, -0.15) is 0 Å². The molecule has 0 spiro atoms.